The smallest absolute Gasteiger partial charge is 0.137 e. The summed E-state index contributed by atoms with van der Waals surface area (Å²) in [6.45, 7) is 2.61. The van der Waals surface area contributed by atoms with Crippen molar-refractivity contribution in [2.75, 3.05) is 18.6 Å². The lowest BCUT2D eigenvalue weighted by Crippen LogP contribution is -2.05. The molecule has 0 radical (unpaired) electrons. The van der Waals surface area contributed by atoms with E-state index in [2.05, 4.69) is 0 Å². The molecule has 0 aliphatic heterocycles. The van der Waals surface area contributed by atoms with Crippen molar-refractivity contribution < 1.29 is 4.74 Å². The summed E-state index contributed by atoms with van der Waals surface area (Å²) in [6.07, 6.45) is 2.05. The van der Waals surface area contributed by atoms with E-state index in [4.69, 9.17) is 22.1 Å². The third kappa shape index (κ3) is 3.93. The van der Waals surface area contributed by atoms with Crippen molar-refractivity contribution in [3.8, 4) is 5.75 Å². The summed E-state index contributed by atoms with van der Waals surface area (Å²) < 4.78 is 5.52. The Kier molecular flexibility index (Phi) is 5.29. The molecule has 0 saturated carbocycles. The van der Waals surface area contributed by atoms with Crippen LogP contribution < -0.4 is 10.5 Å². The van der Waals surface area contributed by atoms with E-state index in [1.165, 1.54) is 0 Å². The molecule has 1 aromatic carbocycles. The van der Waals surface area contributed by atoms with E-state index in [-0.39, 0.29) is 6.04 Å². The number of nitrogens with two attached hydrogens (primary N) is 1. The largest absolute Gasteiger partial charge is 0.491 e. The summed E-state index contributed by atoms with van der Waals surface area (Å²) in [5.74, 6) is 1.70. The van der Waals surface area contributed by atoms with Crippen LogP contribution in [0.25, 0.3) is 0 Å². The van der Waals surface area contributed by atoms with Gasteiger partial charge in [-0.15, -0.1) is 0 Å². The zero-order valence-electron chi connectivity index (χ0n) is 9.00. The fourth-order valence-corrected chi connectivity index (χ4v) is 1.65. The number of ether oxygens (including phenoxy) is 1. The van der Waals surface area contributed by atoms with Gasteiger partial charge in [0, 0.05) is 11.8 Å². The van der Waals surface area contributed by atoms with Crippen LogP contribution in [0.5, 0.6) is 5.75 Å². The first-order chi connectivity index (χ1) is 7.15. The van der Waals surface area contributed by atoms with Crippen LogP contribution in [-0.4, -0.2) is 18.6 Å². The highest BCUT2D eigenvalue weighted by atomic mass is 35.5. The van der Waals surface area contributed by atoms with Gasteiger partial charge < -0.3 is 10.5 Å². The van der Waals surface area contributed by atoms with Crippen LogP contribution in [0.15, 0.2) is 18.2 Å². The van der Waals surface area contributed by atoms with Crippen LogP contribution in [0, 0.1) is 0 Å². The molecule has 84 valence electrons. The van der Waals surface area contributed by atoms with Gasteiger partial charge in [0.05, 0.1) is 11.6 Å². The molecular formula is C11H16ClNOS. The molecule has 2 N–H and O–H groups in total. The Labute approximate surface area is 100 Å². The fraction of sp³-hybridized carbons (Fsp3) is 0.455. The van der Waals surface area contributed by atoms with E-state index in [1.807, 2.05) is 31.4 Å². The molecule has 0 heterocycles. The molecule has 1 rings (SSSR count). The van der Waals surface area contributed by atoms with E-state index in [0.29, 0.717) is 11.6 Å². The third-order valence-corrected chi connectivity index (χ3v) is 2.90. The van der Waals surface area contributed by atoms with Crippen molar-refractivity contribution in [2.24, 2.45) is 5.73 Å². The summed E-state index contributed by atoms with van der Waals surface area (Å²) in [4.78, 5) is 0. The summed E-state index contributed by atoms with van der Waals surface area (Å²) in [6, 6.07) is 5.69. The number of benzene rings is 1. The number of thioether (sulfide) groups is 1. The van der Waals surface area contributed by atoms with Crippen LogP contribution in [0.4, 0.5) is 0 Å². The Morgan fingerprint density at radius 1 is 1.53 bits per heavy atom. The second-order valence-electron chi connectivity index (χ2n) is 3.32. The van der Waals surface area contributed by atoms with Gasteiger partial charge in [0.2, 0.25) is 0 Å². The van der Waals surface area contributed by atoms with Gasteiger partial charge in [-0.2, -0.15) is 11.8 Å². The van der Waals surface area contributed by atoms with Gasteiger partial charge in [-0.05, 0) is 30.9 Å². The summed E-state index contributed by atoms with van der Waals surface area (Å²) in [5.41, 5.74) is 6.78. The lowest BCUT2D eigenvalue weighted by atomic mass is 10.1. The zero-order chi connectivity index (χ0) is 11.3. The minimum atomic E-state index is 0.00254. The lowest BCUT2D eigenvalue weighted by Gasteiger charge is -2.10. The number of rotatable bonds is 5. The maximum Gasteiger partial charge on any atom is 0.137 e. The summed E-state index contributed by atoms with van der Waals surface area (Å²) in [5, 5.41) is 0.630. The van der Waals surface area contributed by atoms with Gasteiger partial charge in [0.25, 0.3) is 0 Å². The maximum atomic E-state index is 6.07. The Morgan fingerprint density at radius 2 is 2.27 bits per heavy atom. The maximum absolute atomic E-state index is 6.07. The number of hydrogen-bond donors (Lipinski definition) is 1. The van der Waals surface area contributed by atoms with Crippen molar-refractivity contribution in [1.29, 1.82) is 0 Å². The van der Waals surface area contributed by atoms with E-state index in [9.17, 15) is 0 Å². The predicted octanol–water partition coefficient (Wildman–Crippen LogP) is 3.10. The molecule has 2 nitrogen and oxygen atoms in total. The monoisotopic (exact) mass is 245 g/mol. The van der Waals surface area contributed by atoms with Crippen LogP contribution >= 0.6 is 23.4 Å². The van der Waals surface area contributed by atoms with Gasteiger partial charge in [-0.3, -0.25) is 0 Å². The minimum absolute atomic E-state index is 0.00254. The first-order valence-corrected chi connectivity index (χ1v) is 6.59. The molecule has 0 spiro atoms. The first kappa shape index (κ1) is 12.7. The van der Waals surface area contributed by atoms with Crippen molar-refractivity contribution in [1.82, 2.24) is 0 Å². The molecule has 0 bridgehead atoms. The van der Waals surface area contributed by atoms with Gasteiger partial charge in [-0.25, -0.2) is 0 Å². The Hall–Kier alpha value is -0.380. The Morgan fingerprint density at radius 3 is 2.80 bits per heavy atom. The van der Waals surface area contributed by atoms with Crippen LogP contribution in [0.1, 0.15) is 18.5 Å². The summed E-state index contributed by atoms with van der Waals surface area (Å²) >= 11 is 7.81. The van der Waals surface area contributed by atoms with E-state index < -0.39 is 0 Å². The highest BCUT2D eigenvalue weighted by Gasteiger charge is 2.05. The van der Waals surface area contributed by atoms with Crippen LogP contribution in [0.2, 0.25) is 5.02 Å². The predicted molar refractivity (Wildman–Crippen MR) is 67.9 cm³/mol. The Balaban J connectivity index is 2.66. The molecule has 0 saturated heterocycles. The quantitative estimate of drug-likeness (QED) is 0.810. The summed E-state index contributed by atoms with van der Waals surface area (Å²) in [7, 11) is 0. The van der Waals surface area contributed by atoms with Crippen molar-refractivity contribution >= 4 is 23.4 Å². The van der Waals surface area contributed by atoms with E-state index in [1.54, 1.807) is 11.8 Å². The molecule has 1 aromatic rings. The first-order valence-electron chi connectivity index (χ1n) is 4.82. The van der Waals surface area contributed by atoms with Gasteiger partial charge in [0.1, 0.15) is 5.75 Å². The second-order valence-corrected chi connectivity index (χ2v) is 4.71. The number of halogens is 1. The van der Waals surface area contributed by atoms with Crippen LogP contribution in [0.3, 0.4) is 0 Å². The zero-order valence-corrected chi connectivity index (χ0v) is 10.6. The molecule has 4 heteroatoms. The van der Waals surface area contributed by atoms with E-state index in [0.717, 1.165) is 17.1 Å². The average Bonchev–Trinajstić information content (AvgIpc) is 2.20. The molecule has 0 aromatic heterocycles. The fourth-order valence-electron chi connectivity index (χ4n) is 1.15. The van der Waals surface area contributed by atoms with Crippen LogP contribution in [-0.2, 0) is 0 Å². The lowest BCUT2D eigenvalue weighted by molar-refractivity contribution is 0.344. The highest BCUT2D eigenvalue weighted by molar-refractivity contribution is 7.98. The molecule has 0 amide bonds. The topological polar surface area (TPSA) is 35.2 Å². The number of hydrogen-bond acceptors (Lipinski definition) is 3. The highest BCUT2D eigenvalue weighted by Crippen LogP contribution is 2.27. The standard InChI is InChI=1S/C11H16ClNOS/c1-8(13)9-3-4-11(10(12)7-9)14-5-6-15-2/h3-4,7-8H,5-6,13H2,1-2H3/t8-/m1/s1. The molecule has 0 unspecified atom stereocenters. The molecule has 0 fully saturated rings. The van der Waals surface area contributed by atoms with Gasteiger partial charge >= 0.3 is 0 Å². The SMILES string of the molecule is CSCCOc1ccc([C@@H](C)N)cc1Cl. The average molecular weight is 246 g/mol. The molecule has 0 aliphatic carbocycles. The molecule has 1 atom stereocenters. The van der Waals surface area contributed by atoms with Gasteiger partial charge in [-0.1, -0.05) is 17.7 Å². The van der Waals surface area contributed by atoms with Crippen molar-refractivity contribution in [3.63, 3.8) is 0 Å². The molecule has 15 heavy (non-hydrogen) atoms. The second kappa shape index (κ2) is 6.26. The van der Waals surface area contributed by atoms with Crippen molar-refractivity contribution in [2.45, 2.75) is 13.0 Å². The third-order valence-electron chi connectivity index (χ3n) is 2.03. The minimum Gasteiger partial charge on any atom is -0.491 e. The molecular weight excluding hydrogens is 230 g/mol. The molecule has 0 aliphatic rings. The van der Waals surface area contributed by atoms with Crippen molar-refractivity contribution in [3.05, 3.63) is 28.8 Å². The van der Waals surface area contributed by atoms with E-state index >= 15 is 0 Å². The Bertz CT molecular complexity index is 317. The van der Waals surface area contributed by atoms with Gasteiger partial charge in [0.15, 0.2) is 0 Å². The normalized spacial score (nSPS) is 12.5.